The smallest absolute Gasteiger partial charge is 0.330 e. The summed E-state index contributed by atoms with van der Waals surface area (Å²) in [7, 11) is 0. The Balaban J connectivity index is 1.22. The van der Waals surface area contributed by atoms with Crippen LogP contribution in [0.2, 0.25) is 0 Å². The van der Waals surface area contributed by atoms with Crippen LogP contribution in [0.5, 0.6) is 5.75 Å². The Bertz CT molecular complexity index is 1100. The zero-order chi connectivity index (χ0) is 28.8. The molecule has 0 amide bonds. The molecule has 4 rings (SSSR count). The maximum atomic E-state index is 11.0. The summed E-state index contributed by atoms with van der Waals surface area (Å²) >= 11 is 0. The summed E-state index contributed by atoms with van der Waals surface area (Å²) in [5.41, 5.74) is 1.17. The van der Waals surface area contributed by atoms with Crippen molar-refractivity contribution in [2.24, 2.45) is 5.92 Å². The molecule has 1 heterocycles. The highest BCUT2D eigenvalue weighted by molar-refractivity contribution is 5.84. The summed E-state index contributed by atoms with van der Waals surface area (Å²) in [6.07, 6.45) is 16.7. The Morgan fingerprint density at radius 3 is 2.51 bits per heavy atom. The Morgan fingerprint density at radius 2 is 1.71 bits per heavy atom. The molecular weight excluding hydrogens is 516 g/mol. The summed E-state index contributed by atoms with van der Waals surface area (Å²) in [4.78, 5) is 22.4. The van der Waals surface area contributed by atoms with Gasteiger partial charge in [0.05, 0.1) is 18.8 Å². The van der Waals surface area contributed by atoms with E-state index in [-0.39, 0.29) is 17.7 Å². The van der Waals surface area contributed by atoms with Crippen molar-refractivity contribution in [3.63, 3.8) is 0 Å². The van der Waals surface area contributed by atoms with Crippen molar-refractivity contribution < 1.29 is 28.8 Å². The van der Waals surface area contributed by atoms with E-state index in [1.807, 2.05) is 0 Å². The quantitative estimate of drug-likeness (QED) is 0.0544. The van der Waals surface area contributed by atoms with Crippen LogP contribution in [0.15, 0.2) is 61.7 Å². The van der Waals surface area contributed by atoms with Gasteiger partial charge in [-0.3, -0.25) is 0 Å². The molecule has 2 aliphatic rings. The molecule has 0 radical (unpaired) electrons. The van der Waals surface area contributed by atoms with Crippen LogP contribution in [0.3, 0.4) is 0 Å². The zero-order valence-corrected chi connectivity index (χ0v) is 24.7. The lowest BCUT2D eigenvalue weighted by molar-refractivity contribution is -0.356. The fraction of sp³-hybridized carbons (Fsp3) is 0.571. The molecule has 0 N–H and O–H groups in total. The first-order valence-corrected chi connectivity index (χ1v) is 15.6. The van der Waals surface area contributed by atoms with E-state index in [9.17, 15) is 4.79 Å². The second kappa shape index (κ2) is 16.7. The summed E-state index contributed by atoms with van der Waals surface area (Å²) in [5.74, 6) is 1.21. The number of carbonyl (C=O) groups is 1. The molecule has 41 heavy (non-hydrogen) atoms. The molecule has 1 saturated heterocycles. The molecule has 2 fully saturated rings. The predicted molar refractivity (Wildman–Crippen MR) is 163 cm³/mol. The number of esters is 1. The second-order valence-electron chi connectivity index (χ2n) is 11.5. The van der Waals surface area contributed by atoms with Gasteiger partial charge in [-0.1, -0.05) is 49.8 Å². The van der Waals surface area contributed by atoms with E-state index in [4.69, 9.17) is 24.0 Å². The van der Waals surface area contributed by atoms with E-state index in [1.165, 1.54) is 28.8 Å². The minimum Gasteiger partial charge on any atom is -0.494 e. The van der Waals surface area contributed by atoms with Crippen LogP contribution in [0.1, 0.15) is 82.6 Å². The van der Waals surface area contributed by atoms with Gasteiger partial charge in [0.15, 0.2) is 0 Å². The van der Waals surface area contributed by atoms with Gasteiger partial charge in [0.2, 0.25) is 0 Å². The highest BCUT2D eigenvalue weighted by Gasteiger charge is 2.44. The van der Waals surface area contributed by atoms with E-state index in [1.54, 1.807) is 6.08 Å². The molecule has 1 atom stereocenters. The molecule has 1 saturated carbocycles. The van der Waals surface area contributed by atoms with E-state index in [0.29, 0.717) is 25.7 Å². The van der Waals surface area contributed by atoms with Crippen LogP contribution in [0.25, 0.3) is 10.8 Å². The summed E-state index contributed by atoms with van der Waals surface area (Å²) in [5, 5.41) is 2.47. The molecule has 2 aromatic rings. The fourth-order valence-electron chi connectivity index (χ4n) is 6.18. The van der Waals surface area contributed by atoms with Gasteiger partial charge in [-0.05, 0) is 105 Å². The maximum absolute atomic E-state index is 11.0. The lowest BCUT2D eigenvalue weighted by Gasteiger charge is -2.45. The number of rotatable bonds is 15. The van der Waals surface area contributed by atoms with Crippen LogP contribution >= 0.6 is 0 Å². The van der Waals surface area contributed by atoms with E-state index < -0.39 is 0 Å². The Hall–Kier alpha value is -2.67. The molecule has 1 aliphatic heterocycles. The Labute approximate surface area is 246 Å². The summed E-state index contributed by atoms with van der Waals surface area (Å²) in [6.45, 7) is 9.50. The number of carbonyl (C=O) groups excluding carboxylic acids is 1. The number of benzene rings is 2. The molecule has 0 bridgehead atoms. The SMILES string of the molecule is C=CCOOC1CCCCCOC12CCC(Cc1ccc3cc(OCCCCCCOC(=O)C=C)ccc3c1)CC2. The molecule has 224 valence electrons. The average molecular weight is 565 g/mol. The average Bonchev–Trinajstić information content (AvgIpc) is 2.99. The highest BCUT2D eigenvalue weighted by Crippen LogP contribution is 2.42. The molecule has 1 unspecified atom stereocenters. The molecule has 0 aromatic heterocycles. The van der Waals surface area contributed by atoms with Gasteiger partial charge in [0.25, 0.3) is 0 Å². The summed E-state index contributed by atoms with van der Waals surface area (Å²) in [6, 6.07) is 13.2. The fourth-order valence-corrected chi connectivity index (χ4v) is 6.18. The number of ether oxygens (including phenoxy) is 3. The van der Waals surface area contributed by atoms with Crippen molar-refractivity contribution in [2.75, 3.05) is 26.4 Å². The molecule has 1 spiro atoms. The van der Waals surface area contributed by atoms with Crippen molar-refractivity contribution in [1.82, 2.24) is 0 Å². The Kier molecular flexibility index (Phi) is 12.7. The monoisotopic (exact) mass is 564 g/mol. The van der Waals surface area contributed by atoms with Crippen molar-refractivity contribution >= 4 is 16.7 Å². The normalized spacial score (nSPS) is 23.0. The van der Waals surface area contributed by atoms with E-state index in [2.05, 4.69) is 49.6 Å². The molecular formula is C35H48O6. The third kappa shape index (κ3) is 9.69. The number of hydrogen-bond donors (Lipinski definition) is 0. The lowest BCUT2D eigenvalue weighted by Crippen LogP contribution is -2.50. The van der Waals surface area contributed by atoms with Crippen LogP contribution in [0, 0.1) is 5.92 Å². The Morgan fingerprint density at radius 1 is 0.927 bits per heavy atom. The zero-order valence-electron chi connectivity index (χ0n) is 24.7. The maximum Gasteiger partial charge on any atom is 0.330 e. The first-order chi connectivity index (χ1) is 20.1. The second-order valence-corrected chi connectivity index (χ2v) is 11.5. The van der Waals surface area contributed by atoms with E-state index >= 15 is 0 Å². The van der Waals surface area contributed by atoms with Crippen molar-refractivity contribution in [1.29, 1.82) is 0 Å². The van der Waals surface area contributed by atoms with Gasteiger partial charge < -0.3 is 14.2 Å². The van der Waals surface area contributed by atoms with Gasteiger partial charge in [-0.15, -0.1) is 6.58 Å². The van der Waals surface area contributed by atoms with Gasteiger partial charge in [0.1, 0.15) is 18.5 Å². The highest BCUT2D eigenvalue weighted by atomic mass is 17.2. The first-order valence-electron chi connectivity index (χ1n) is 15.6. The standard InChI is InChI=1S/C35H48O6/c1-3-21-40-41-33-12-8-7-11-24-39-35(33)19-17-28(18-20-35)25-29-13-14-31-27-32(16-15-30(31)26-29)37-22-9-5-6-10-23-38-34(36)4-2/h3-4,13-16,26-28,33H,1-2,5-12,17-25H2. The number of hydrogen-bond acceptors (Lipinski definition) is 6. The van der Waals surface area contributed by atoms with Gasteiger partial charge >= 0.3 is 5.97 Å². The predicted octanol–water partition coefficient (Wildman–Crippen LogP) is 8.07. The number of unbranched alkanes of at least 4 members (excludes halogenated alkanes) is 3. The van der Waals surface area contributed by atoms with Gasteiger partial charge in [-0.2, -0.15) is 0 Å². The molecule has 2 aromatic carbocycles. The van der Waals surface area contributed by atoms with Crippen LogP contribution in [0.4, 0.5) is 0 Å². The third-order valence-corrected chi connectivity index (χ3v) is 8.53. The van der Waals surface area contributed by atoms with Gasteiger partial charge in [-0.25, -0.2) is 14.6 Å². The van der Waals surface area contributed by atoms with Crippen LogP contribution in [-0.4, -0.2) is 44.1 Å². The molecule has 1 aliphatic carbocycles. The van der Waals surface area contributed by atoms with E-state index in [0.717, 1.165) is 89.4 Å². The molecule has 6 heteroatoms. The van der Waals surface area contributed by atoms with Crippen molar-refractivity contribution in [2.45, 2.75) is 95.2 Å². The van der Waals surface area contributed by atoms with Crippen molar-refractivity contribution in [3.8, 4) is 5.75 Å². The largest absolute Gasteiger partial charge is 0.494 e. The van der Waals surface area contributed by atoms with Crippen LogP contribution < -0.4 is 4.74 Å². The molecule has 6 nitrogen and oxygen atoms in total. The lowest BCUT2D eigenvalue weighted by atomic mass is 9.72. The number of fused-ring (bicyclic) bond motifs is 1. The third-order valence-electron chi connectivity index (χ3n) is 8.53. The van der Waals surface area contributed by atoms with Crippen LogP contribution in [-0.2, 0) is 30.5 Å². The van der Waals surface area contributed by atoms with Gasteiger partial charge in [0, 0.05) is 12.7 Å². The topological polar surface area (TPSA) is 63.2 Å². The minimum absolute atomic E-state index is 0.00489. The minimum atomic E-state index is -0.353. The first kappa shape index (κ1) is 31.3. The summed E-state index contributed by atoms with van der Waals surface area (Å²) < 4.78 is 17.5. The van der Waals surface area contributed by atoms with Crippen molar-refractivity contribution in [3.05, 3.63) is 67.3 Å².